The van der Waals surface area contributed by atoms with Crippen LogP contribution in [0.1, 0.15) is 34.8 Å². The summed E-state index contributed by atoms with van der Waals surface area (Å²) in [5.74, 6) is -0.269. The maximum Gasteiger partial charge on any atom is 0.323 e. The number of H-pyrrole nitrogens is 2. The number of hydrogen-bond acceptors (Lipinski definition) is 4. The molecule has 0 aliphatic heterocycles. The highest BCUT2D eigenvalue weighted by molar-refractivity contribution is 6.08. The number of nitrogens with zero attached hydrogens (tertiary/aromatic N) is 1. The Balaban J connectivity index is 2.45. The fourth-order valence-electron chi connectivity index (χ4n) is 1.65. The molecule has 2 rings (SSSR count). The number of rotatable bonds is 4. The fourth-order valence-corrected chi connectivity index (χ4v) is 1.65. The first-order valence-corrected chi connectivity index (χ1v) is 5.43. The number of aromatic nitrogens is 3. The highest BCUT2D eigenvalue weighted by atomic mass is 16.5. The van der Waals surface area contributed by atoms with Crippen molar-refractivity contribution in [3.63, 3.8) is 0 Å². The number of imidazole rings is 1. The van der Waals surface area contributed by atoms with Gasteiger partial charge in [0, 0.05) is 25.1 Å². The zero-order valence-electron chi connectivity index (χ0n) is 10.1. The van der Waals surface area contributed by atoms with Gasteiger partial charge in [-0.05, 0) is 19.1 Å². The molecule has 18 heavy (non-hydrogen) atoms. The Morgan fingerprint density at radius 3 is 2.61 bits per heavy atom. The lowest BCUT2D eigenvalue weighted by molar-refractivity contribution is 0.0999. The summed E-state index contributed by atoms with van der Waals surface area (Å²) in [5, 5.41) is 0. The maximum atomic E-state index is 12.2. The highest BCUT2D eigenvalue weighted by Crippen LogP contribution is 2.18. The van der Waals surface area contributed by atoms with Crippen LogP contribution in [0.15, 0.2) is 29.3 Å². The monoisotopic (exact) mass is 247 g/mol. The van der Waals surface area contributed by atoms with Crippen LogP contribution in [0.25, 0.3) is 0 Å². The van der Waals surface area contributed by atoms with Gasteiger partial charge in [-0.15, -0.1) is 0 Å². The van der Waals surface area contributed by atoms with E-state index in [9.17, 15) is 9.59 Å². The molecule has 0 saturated heterocycles. The number of carbonyl (C=O) groups is 1. The largest absolute Gasteiger partial charge is 0.375 e. The van der Waals surface area contributed by atoms with Crippen LogP contribution in [0, 0.1) is 0 Å². The zero-order chi connectivity index (χ0) is 13.1. The van der Waals surface area contributed by atoms with Crippen LogP contribution >= 0.6 is 0 Å². The van der Waals surface area contributed by atoms with E-state index >= 15 is 0 Å². The molecule has 94 valence electrons. The summed E-state index contributed by atoms with van der Waals surface area (Å²) in [5.41, 5.74) is 0.709. The number of hydrogen-bond donors (Lipinski definition) is 2. The molecule has 6 heteroatoms. The molecule has 0 spiro atoms. The summed E-state index contributed by atoms with van der Waals surface area (Å²) in [6.07, 6.45) is 2.68. The molecule has 1 atom stereocenters. The van der Waals surface area contributed by atoms with Crippen LogP contribution in [-0.4, -0.2) is 27.8 Å². The van der Waals surface area contributed by atoms with Crippen molar-refractivity contribution in [2.45, 2.75) is 13.0 Å². The first-order chi connectivity index (χ1) is 8.63. The Morgan fingerprint density at radius 1 is 1.33 bits per heavy atom. The molecule has 0 aliphatic carbocycles. The minimum atomic E-state index is -0.425. The Kier molecular flexibility index (Phi) is 3.38. The molecule has 0 fully saturated rings. The summed E-state index contributed by atoms with van der Waals surface area (Å²) in [6, 6.07) is 3.18. The summed E-state index contributed by atoms with van der Waals surface area (Å²) < 4.78 is 5.12. The van der Waals surface area contributed by atoms with Crippen molar-refractivity contribution in [1.82, 2.24) is 15.0 Å². The van der Waals surface area contributed by atoms with Gasteiger partial charge >= 0.3 is 5.69 Å². The lowest BCUT2D eigenvalue weighted by atomic mass is 10.1. The van der Waals surface area contributed by atoms with Crippen molar-refractivity contribution < 1.29 is 9.53 Å². The van der Waals surface area contributed by atoms with Gasteiger partial charge in [-0.25, -0.2) is 4.79 Å². The molecule has 0 amide bonds. The molecular formula is C12H13N3O3. The summed E-state index contributed by atoms with van der Waals surface area (Å²) in [6.45, 7) is 1.75. The third kappa shape index (κ3) is 2.23. The smallest absolute Gasteiger partial charge is 0.323 e. The minimum Gasteiger partial charge on any atom is -0.375 e. The zero-order valence-corrected chi connectivity index (χ0v) is 10.1. The van der Waals surface area contributed by atoms with Crippen molar-refractivity contribution in [3.8, 4) is 0 Å². The van der Waals surface area contributed by atoms with Gasteiger partial charge in [-0.2, -0.15) is 0 Å². The second-order valence-corrected chi connectivity index (χ2v) is 3.81. The average molecular weight is 247 g/mol. The number of ketones is 1. The van der Waals surface area contributed by atoms with Gasteiger partial charge in [0.2, 0.25) is 5.78 Å². The number of pyridine rings is 1. The van der Waals surface area contributed by atoms with Crippen molar-refractivity contribution in [2.75, 3.05) is 7.11 Å². The van der Waals surface area contributed by atoms with E-state index in [2.05, 4.69) is 15.0 Å². The fraction of sp³-hybridized carbons (Fsp3) is 0.250. The summed E-state index contributed by atoms with van der Waals surface area (Å²) >= 11 is 0. The molecule has 2 aromatic rings. The maximum absolute atomic E-state index is 12.2. The molecule has 0 radical (unpaired) electrons. The third-order valence-electron chi connectivity index (χ3n) is 2.69. The van der Waals surface area contributed by atoms with Crippen LogP contribution in [-0.2, 0) is 4.74 Å². The predicted molar refractivity (Wildman–Crippen MR) is 64.5 cm³/mol. The topological polar surface area (TPSA) is 87.8 Å². The van der Waals surface area contributed by atoms with Crippen molar-refractivity contribution in [3.05, 3.63) is 52.0 Å². The number of carbonyl (C=O) groups excluding carboxylic acids is 1. The number of methoxy groups -OCH3 is 1. The Hall–Kier alpha value is -2.21. The van der Waals surface area contributed by atoms with Crippen molar-refractivity contribution in [1.29, 1.82) is 0 Å². The van der Waals surface area contributed by atoms with Crippen molar-refractivity contribution in [2.24, 2.45) is 0 Å². The molecule has 6 nitrogen and oxygen atoms in total. The molecule has 2 N–H and O–H groups in total. The normalized spacial score (nSPS) is 12.3. The number of nitrogens with one attached hydrogen (secondary N) is 2. The number of ether oxygens (including phenoxy) is 1. The lowest BCUT2D eigenvalue weighted by Crippen LogP contribution is -2.08. The van der Waals surface area contributed by atoms with E-state index in [4.69, 9.17) is 4.74 Å². The van der Waals surface area contributed by atoms with Gasteiger partial charge in [-0.1, -0.05) is 0 Å². The second-order valence-electron chi connectivity index (χ2n) is 3.81. The average Bonchev–Trinajstić information content (AvgIpc) is 2.80. The molecule has 0 bridgehead atoms. The van der Waals surface area contributed by atoms with Crippen LogP contribution in [0.5, 0.6) is 0 Å². The lowest BCUT2D eigenvalue weighted by Gasteiger charge is -2.09. The Bertz CT molecular complexity index is 601. The minimum absolute atomic E-state index is 0.223. The van der Waals surface area contributed by atoms with Crippen LogP contribution < -0.4 is 5.69 Å². The van der Waals surface area contributed by atoms with Gasteiger partial charge in [0.1, 0.15) is 5.69 Å². The number of aromatic amines is 2. The molecule has 0 aliphatic rings. The molecule has 0 aromatic carbocycles. The first-order valence-electron chi connectivity index (χ1n) is 5.43. The molecular weight excluding hydrogens is 234 g/mol. The molecule has 2 heterocycles. The van der Waals surface area contributed by atoms with Crippen LogP contribution in [0.4, 0.5) is 0 Å². The third-order valence-corrected chi connectivity index (χ3v) is 2.69. The van der Waals surface area contributed by atoms with Gasteiger partial charge in [0.15, 0.2) is 0 Å². The van der Waals surface area contributed by atoms with Gasteiger partial charge < -0.3 is 14.7 Å². The standard InChI is InChI=1S/C12H13N3O3/c1-7(18-2)9-10(15-12(17)14-9)11(16)8-3-5-13-6-4-8/h3-7H,1-2H3,(H2,14,15,17). The van der Waals surface area contributed by atoms with E-state index < -0.39 is 5.69 Å². The van der Waals surface area contributed by atoms with E-state index in [0.29, 0.717) is 11.3 Å². The quantitative estimate of drug-likeness (QED) is 0.790. The summed E-state index contributed by atoms with van der Waals surface area (Å²) in [7, 11) is 1.51. The molecule has 0 saturated carbocycles. The van der Waals surface area contributed by atoms with Crippen molar-refractivity contribution >= 4 is 5.78 Å². The molecule has 2 aromatic heterocycles. The molecule has 1 unspecified atom stereocenters. The first kappa shape index (κ1) is 12.3. The van der Waals surface area contributed by atoms with Gasteiger partial charge in [0.05, 0.1) is 11.8 Å². The van der Waals surface area contributed by atoms with E-state index in [0.717, 1.165) is 0 Å². The van der Waals surface area contributed by atoms with Crippen LogP contribution in [0.2, 0.25) is 0 Å². The highest BCUT2D eigenvalue weighted by Gasteiger charge is 2.20. The van der Waals surface area contributed by atoms with E-state index in [1.165, 1.54) is 19.5 Å². The second kappa shape index (κ2) is 4.97. The van der Waals surface area contributed by atoms with E-state index in [1.807, 2.05) is 0 Å². The predicted octanol–water partition coefficient (Wildman–Crippen LogP) is 1.04. The Labute approximate surface area is 103 Å². The SMILES string of the molecule is COC(C)c1[nH]c(=O)[nH]c1C(=O)c1ccncc1. The Morgan fingerprint density at radius 2 is 2.00 bits per heavy atom. The van der Waals surface area contributed by atoms with E-state index in [1.54, 1.807) is 19.1 Å². The van der Waals surface area contributed by atoms with Crippen LogP contribution in [0.3, 0.4) is 0 Å². The van der Waals surface area contributed by atoms with Gasteiger partial charge in [-0.3, -0.25) is 9.78 Å². The van der Waals surface area contributed by atoms with Gasteiger partial charge in [0.25, 0.3) is 0 Å². The summed E-state index contributed by atoms with van der Waals surface area (Å²) in [4.78, 5) is 32.5. The van der Waals surface area contributed by atoms with E-state index in [-0.39, 0.29) is 17.6 Å².